The van der Waals surface area contributed by atoms with Crippen LogP contribution >= 0.6 is 0 Å². The first-order valence-corrected chi connectivity index (χ1v) is 11.6. The molecule has 4 aliphatic carbocycles. The Bertz CT molecular complexity index is 901. The molecule has 1 amide bonds. The number of aliphatic hydroxyl groups excluding tert-OH is 1. The molecule has 1 N–H and O–H groups in total. The fraction of sp³-hybridized carbons (Fsp3) is 0.560. The summed E-state index contributed by atoms with van der Waals surface area (Å²) in [5.41, 5.74) is 1.74. The van der Waals surface area contributed by atoms with E-state index in [9.17, 15) is 9.90 Å². The molecule has 4 bridgehead atoms. The van der Waals surface area contributed by atoms with Gasteiger partial charge in [-0.05, 0) is 67.3 Å². The molecule has 0 aliphatic heterocycles. The van der Waals surface area contributed by atoms with Crippen LogP contribution in [-0.4, -0.2) is 50.6 Å². The van der Waals surface area contributed by atoms with Gasteiger partial charge in [-0.2, -0.15) is 0 Å². The average Bonchev–Trinajstić information content (AvgIpc) is 3.21. The second kappa shape index (κ2) is 8.58. The Morgan fingerprint density at radius 2 is 1.81 bits per heavy atom. The Labute approximate surface area is 183 Å². The molecular formula is C25H32N4O2. The Balaban J connectivity index is 1.25. The minimum Gasteiger partial charge on any atom is -0.395 e. The van der Waals surface area contributed by atoms with Crippen LogP contribution in [0.3, 0.4) is 0 Å². The molecule has 164 valence electrons. The lowest BCUT2D eigenvalue weighted by atomic mass is 9.49. The van der Waals surface area contributed by atoms with Gasteiger partial charge in [0.25, 0.3) is 5.91 Å². The maximum Gasteiger partial charge on any atom is 0.276 e. The van der Waals surface area contributed by atoms with Crippen molar-refractivity contribution in [3.8, 4) is 0 Å². The highest BCUT2D eigenvalue weighted by Gasteiger charge is 2.51. The first kappa shape index (κ1) is 20.4. The quantitative estimate of drug-likeness (QED) is 0.708. The minimum atomic E-state index is -0.108. The SMILES string of the molecule is O=C(c1cn(CC=Cc2ccccc2)nn1)N(CCO)CC12CC3CC(CC(C3)C1)C2. The summed E-state index contributed by atoms with van der Waals surface area (Å²) >= 11 is 0. The van der Waals surface area contributed by atoms with Crippen molar-refractivity contribution in [2.75, 3.05) is 19.7 Å². The first-order valence-electron chi connectivity index (χ1n) is 11.6. The molecule has 0 atom stereocenters. The number of carbonyl (C=O) groups excluding carboxylic acids is 1. The lowest BCUT2D eigenvalue weighted by Crippen LogP contribution is -2.52. The van der Waals surface area contributed by atoms with Gasteiger partial charge in [0.2, 0.25) is 0 Å². The molecule has 4 fully saturated rings. The Kier molecular flexibility index (Phi) is 5.65. The van der Waals surface area contributed by atoms with E-state index in [-0.39, 0.29) is 17.9 Å². The van der Waals surface area contributed by atoms with E-state index in [1.54, 1.807) is 10.9 Å². The maximum atomic E-state index is 13.2. The molecule has 4 aliphatic rings. The number of benzene rings is 1. The standard InChI is InChI=1S/C25H32N4O2/c30-10-9-28(18-25-14-20-11-21(15-25)13-22(12-20)16-25)24(31)23-17-29(27-26-23)8-4-7-19-5-2-1-3-6-19/h1-7,17,20-22,30H,8-16,18H2. The highest BCUT2D eigenvalue weighted by molar-refractivity contribution is 5.92. The summed E-state index contributed by atoms with van der Waals surface area (Å²) in [5.74, 6) is 2.42. The van der Waals surface area contributed by atoms with Crippen LogP contribution in [0.4, 0.5) is 0 Å². The number of amides is 1. The van der Waals surface area contributed by atoms with Crippen LogP contribution in [0.1, 0.15) is 54.6 Å². The van der Waals surface area contributed by atoms with Gasteiger partial charge in [0, 0.05) is 13.1 Å². The van der Waals surface area contributed by atoms with Gasteiger partial charge in [-0.3, -0.25) is 4.79 Å². The largest absolute Gasteiger partial charge is 0.395 e. The molecule has 6 rings (SSSR count). The normalized spacial score (nSPS) is 29.0. The van der Waals surface area contributed by atoms with Gasteiger partial charge >= 0.3 is 0 Å². The van der Waals surface area contributed by atoms with Crippen molar-refractivity contribution in [1.29, 1.82) is 0 Å². The number of rotatable bonds is 8. The molecule has 0 radical (unpaired) electrons. The third-order valence-corrected chi connectivity index (χ3v) is 7.51. The molecule has 0 unspecified atom stereocenters. The Morgan fingerprint density at radius 1 is 1.13 bits per heavy atom. The first-order chi connectivity index (χ1) is 15.1. The van der Waals surface area contributed by atoms with Crippen LogP contribution in [0.2, 0.25) is 0 Å². The summed E-state index contributed by atoms with van der Waals surface area (Å²) in [6.07, 6.45) is 13.7. The molecule has 1 aromatic carbocycles. The topological polar surface area (TPSA) is 71.2 Å². The van der Waals surface area contributed by atoms with Gasteiger partial charge in [-0.25, -0.2) is 4.68 Å². The number of aromatic nitrogens is 3. The zero-order valence-corrected chi connectivity index (χ0v) is 18.1. The predicted octanol–water partition coefficient (Wildman–Crippen LogP) is 3.64. The van der Waals surface area contributed by atoms with Crippen molar-refractivity contribution < 1.29 is 9.90 Å². The summed E-state index contributed by atoms with van der Waals surface area (Å²) in [4.78, 5) is 15.1. The van der Waals surface area contributed by atoms with E-state index in [4.69, 9.17) is 0 Å². The van der Waals surface area contributed by atoms with Crippen LogP contribution in [0.15, 0.2) is 42.6 Å². The zero-order chi connectivity index (χ0) is 21.3. The van der Waals surface area contributed by atoms with Crippen molar-refractivity contribution in [3.63, 3.8) is 0 Å². The molecule has 1 heterocycles. The molecule has 2 aromatic rings. The van der Waals surface area contributed by atoms with Crippen LogP contribution in [0.5, 0.6) is 0 Å². The molecule has 0 spiro atoms. The van der Waals surface area contributed by atoms with E-state index in [1.807, 2.05) is 47.4 Å². The highest BCUT2D eigenvalue weighted by atomic mass is 16.3. The zero-order valence-electron chi connectivity index (χ0n) is 18.1. The van der Waals surface area contributed by atoms with Crippen LogP contribution in [0, 0.1) is 23.2 Å². The van der Waals surface area contributed by atoms with Crippen LogP contribution < -0.4 is 0 Å². The number of carbonyl (C=O) groups is 1. The third kappa shape index (κ3) is 4.45. The minimum absolute atomic E-state index is 0.0218. The van der Waals surface area contributed by atoms with Gasteiger partial charge in [0.05, 0.1) is 19.3 Å². The average molecular weight is 421 g/mol. The van der Waals surface area contributed by atoms with Crippen LogP contribution in [-0.2, 0) is 6.54 Å². The third-order valence-electron chi connectivity index (χ3n) is 7.51. The summed E-state index contributed by atoms with van der Waals surface area (Å²) in [6, 6.07) is 10.1. The van der Waals surface area contributed by atoms with Crippen molar-refractivity contribution in [1.82, 2.24) is 19.9 Å². The maximum absolute atomic E-state index is 13.2. The fourth-order valence-corrected chi connectivity index (χ4v) is 6.77. The predicted molar refractivity (Wildman–Crippen MR) is 119 cm³/mol. The van der Waals surface area contributed by atoms with E-state index < -0.39 is 0 Å². The molecule has 6 nitrogen and oxygen atoms in total. The van der Waals surface area contributed by atoms with E-state index in [0.717, 1.165) is 29.9 Å². The lowest BCUT2D eigenvalue weighted by Gasteiger charge is -2.57. The number of nitrogens with zero attached hydrogens (tertiary/aromatic N) is 4. The van der Waals surface area contributed by atoms with Gasteiger partial charge in [-0.1, -0.05) is 47.7 Å². The van der Waals surface area contributed by atoms with Crippen molar-refractivity contribution in [2.24, 2.45) is 23.2 Å². The molecule has 4 saturated carbocycles. The van der Waals surface area contributed by atoms with Crippen LogP contribution in [0.25, 0.3) is 6.08 Å². The van der Waals surface area contributed by atoms with Crippen molar-refractivity contribution in [2.45, 2.75) is 45.1 Å². The fourth-order valence-electron chi connectivity index (χ4n) is 6.77. The van der Waals surface area contributed by atoms with Gasteiger partial charge in [0.15, 0.2) is 5.69 Å². The van der Waals surface area contributed by atoms with Crippen molar-refractivity contribution >= 4 is 12.0 Å². The van der Waals surface area contributed by atoms with E-state index >= 15 is 0 Å². The lowest BCUT2D eigenvalue weighted by molar-refractivity contribution is -0.0662. The second-order valence-corrected chi connectivity index (χ2v) is 10.0. The van der Waals surface area contributed by atoms with E-state index in [1.165, 1.54) is 38.5 Å². The molecule has 1 aromatic heterocycles. The highest BCUT2D eigenvalue weighted by Crippen LogP contribution is 2.60. The molecule has 6 heteroatoms. The summed E-state index contributed by atoms with van der Waals surface area (Å²) in [7, 11) is 0. The summed E-state index contributed by atoms with van der Waals surface area (Å²) in [5, 5.41) is 17.9. The molecule has 31 heavy (non-hydrogen) atoms. The van der Waals surface area contributed by atoms with E-state index in [2.05, 4.69) is 10.3 Å². The number of aliphatic hydroxyl groups is 1. The summed E-state index contributed by atoms with van der Waals surface area (Å²) < 4.78 is 1.69. The summed E-state index contributed by atoms with van der Waals surface area (Å²) in [6.45, 7) is 1.65. The van der Waals surface area contributed by atoms with Gasteiger partial charge in [-0.15, -0.1) is 5.10 Å². The Morgan fingerprint density at radius 3 is 2.45 bits per heavy atom. The molecule has 0 saturated heterocycles. The molecular weight excluding hydrogens is 388 g/mol. The van der Waals surface area contributed by atoms with Gasteiger partial charge in [0.1, 0.15) is 0 Å². The van der Waals surface area contributed by atoms with Crippen molar-refractivity contribution in [3.05, 3.63) is 53.9 Å². The smallest absolute Gasteiger partial charge is 0.276 e. The van der Waals surface area contributed by atoms with E-state index in [0.29, 0.717) is 18.8 Å². The monoisotopic (exact) mass is 420 g/mol. The Hall–Kier alpha value is -2.47. The number of hydrogen-bond donors (Lipinski definition) is 1. The second-order valence-electron chi connectivity index (χ2n) is 10.0. The number of hydrogen-bond acceptors (Lipinski definition) is 4. The van der Waals surface area contributed by atoms with Gasteiger partial charge < -0.3 is 10.0 Å². The number of allylic oxidation sites excluding steroid dienone is 1.